The van der Waals surface area contributed by atoms with Crippen LogP contribution in [0.3, 0.4) is 0 Å². The molecule has 0 radical (unpaired) electrons. The van der Waals surface area contributed by atoms with E-state index in [4.69, 9.17) is 15.2 Å². The molecule has 14 heavy (non-hydrogen) atoms. The second-order valence-electron chi connectivity index (χ2n) is 3.32. The van der Waals surface area contributed by atoms with Crippen LogP contribution in [0.5, 0.6) is 11.5 Å². The molecule has 0 aliphatic carbocycles. The highest BCUT2D eigenvalue weighted by molar-refractivity contribution is 9.10. The van der Waals surface area contributed by atoms with Crippen LogP contribution in [-0.2, 0) is 0 Å². The van der Waals surface area contributed by atoms with Gasteiger partial charge in [-0.05, 0) is 40.5 Å². The fraction of sp³-hybridized carbons (Fsp3) is 0.400. The number of ether oxygens (including phenoxy) is 2. The van der Waals surface area contributed by atoms with Gasteiger partial charge in [-0.3, -0.25) is 0 Å². The summed E-state index contributed by atoms with van der Waals surface area (Å²) in [4.78, 5) is 0. The van der Waals surface area contributed by atoms with Gasteiger partial charge >= 0.3 is 0 Å². The molecule has 3 nitrogen and oxygen atoms in total. The number of benzene rings is 1. The van der Waals surface area contributed by atoms with Crippen molar-refractivity contribution in [2.24, 2.45) is 5.73 Å². The average molecular weight is 258 g/mol. The third kappa shape index (κ3) is 1.72. The van der Waals surface area contributed by atoms with Gasteiger partial charge in [0.25, 0.3) is 0 Å². The van der Waals surface area contributed by atoms with Crippen LogP contribution in [0.2, 0.25) is 0 Å². The van der Waals surface area contributed by atoms with E-state index in [0.717, 1.165) is 21.5 Å². The Hall–Kier alpha value is -0.740. The van der Waals surface area contributed by atoms with Crippen molar-refractivity contribution < 1.29 is 9.47 Å². The van der Waals surface area contributed by atoms with Crippen molar-refractivity contribution in [2.45, 2.75) is 13.0 Å². The first-order chi connectivity index (χ1) is 6.68. The molecule has 0 saturated carbocycles. The van der Waals surface area contributed by atoms with Crippen LogP contribution in [0.25, 0.3) is 0 Å². The van der Waals surface area contributed by atoms with Gasteiger partial charge < -0.3 is 15.2 Å². The van der Waals surface area contributed by atoms with E-state index < -0.39 is 0 Å². The summed E-state index contributed by atoms with van der Waals surface area (Å²) >= 11 is 3.44. The van der Waals surface area contributed by atoms with Crippen molar-refractivity contribution >= 4 is 15.9 Å². The molecule has 1 aromatic rings. The molecule has 0 aromatic heterocycles. The zero-order chi connectivity index (χ0) is 10.1. The van der Waals surface area contributed by atoms with E-state index in [0.29, 0.717) is 13.2 Å². The maximum Gasteiger partial charge on any atom is 0.175 e. The predicted molar refractivity (Wildman–Crippen MR) is 57.7 cm³/mol. The van der Waals surface area contributed by atoms with Gasteiger partial charge in [-0.25, -0.2) is 0 Å². The lowest BCUT2D eigenvalue weighted by Gasteiger charge is -2.21. The summed E-state index contributed by atoms with van der Waals surface area (Å²) in [7, 11) is 0. The van der Waals surface area contributed by atoms with Gasteiger partial charge in [0, 0.05) is 6.04 Å². The van der Waals surface area contributed by atoms with Crippen LogP contribution >= 0.6 is 15.9 Å². The Kier molecular flexibility index (Phi) is 2.65. The van der Waals surface area contributed by atoms with E-state index in [-0.39, 0.29) is 6.04 Å². The first-order valence-electron chi connectivity index (χ1n) is 4.53. The van der Waals surface area contributed by atoms with Crippen LogP contribution in [0.15, 0.2) is 16.6 Å². The molecular formula is C10H12BrNO2. The summed E-state index contributed by atoms with van der Waals surface area (Å²) in [6, 6.07) is 3.91. The van der Waals surface area contributed by atoms with Crippen molar-refractivity contribution in [1.29, 1.82) is 0 Å². The number of nitrogens with two attached hydrogens (primary N) is 1. The number of hydrogen-bond donors (Lipinski definition) is 1. The average Bonchev–Trinajstić information content (AvgIpc) is 2.17. The minimum Gasteiger partial charge on any atom is -0.486 e. The molecule has 0 bridgehead atoms. The van der Waals surface area contributed by atoms with Gasteiger partial charge in [0.05, 0.1) is 4.47 Å². The fourth-order valence-electron chi connectivity index (χ4n) is 1.39. The molecular weight excluding hydrogens is 246 g/mol. The van der Waals surface area contributed by atoms with Gasteiger partial charge in [-0.1, -0.05) is 0 Å². The van der Waals surface area contributed by atoms with Crippen molar-refractivity contribution in [3.05, 3.63) is 22.2 Å². The molecule has 4 heteroatoms. The predicted octanol–water partition coefficient (Wildman–Crippen LogP) is 2.24. The van der Waals surface area contributed by atoms with Gasteiger partial charge in [0.2, 0.25) is 0 Å². The third-order valence-corrected chi connectivity index (χ3v) is 2.73. The number of hydrogen-bond acceptors (Lipinski definition) is 3. The molecule has 0 fully saturated rings. The summed E-state index contributed by atoms with van der Waals surface area (Å²) in [6.45, 7) is 3.14. The van der Waals surface area contributed by atoms with Crippen molar-refractivity contribution in [3.8, 4) is 11.5 Å². The summed E-state index contributed by atoms with van der Waals surface area (Å²) in [5.41, 5.74) is 6.84. The van der Waals surface area contributed by atoms with E-state index in [2.05, 4.69) is 15.9 Å². The zero-order valence-electron chi connectivity index (χ0n) is 7.92. The Morgan fingerprint density at radius 2 is 2.07 bits per heavy atom. The molecule has 1 aromatic carbocycles. The lowest BCUT2D eigenvalue weighted by atomic mass is 10.1. The molecule has 1 aliphatic rings. The summed E-state index contributed by atoms with van der Waals surface area (Å²) in [6.07, 6.45) is 0. The SMILES string of the molecule is C[C@H](N)c1cc(Br)c2c(c1)OCCO2. The van der Waals surface area contributed by atoms with Crippen molar-refractivity contribution in [3.63, 3.8) is 0 Å². The smallest absolute Gasteiger partial charge is 0.175 e. The Labute approximate surface area is 91.3 Å². The third-order valence-electron chi connectivity index (χ3n) is 2.14. The molecule has 76 valence electrons. The van der Waals surface area contributed by atoms with Gasteiger partial charge in [0.1, 0.15) is 13.2 Å². The first-order valence-corrected chi connectivity index (χ1v) is 5.32. The fourth-order valence-corrected chi connectivity index (χ4v) is 1.97. The highest BCUT2D eigenvalue weighted by Gasteiger charge is 2.17. The molecule has 2 rings (SSSR count). The number of halogens is 1. The van der Waals surface area contributed by atoms with Crippen LogP contribution in [0, 0.1) is 0 Å². The Morgan fingerprint density at radius 3 is 2.79 bits per heavy atom. The summed E-state index contributed by atoms with van der Waals surface area (Å²) in [5, 5.41) is 0. The lowest BCUT2D eigenvalue weighted by molar-refractivity contribution is 0.170. The van der Waals surface area contributed by atoms with Crippen molar-refractivity contribution in [1.82, 2.24) is 0 Å². The van der Waals surface area contributed by atoms with E-state index in [9.17, 15) is 0 Å². The maximum atomic E-state index is 5.80. The van der Waals surface area contributed by atoms with Crippen LogP contribution in [-0.4, -0.2) is 13.2 Å². The highest BCUT2D eigenvalue weighted by Crippen LogP contribution is 2.39. The molecule has 0 amide bonds. The van der Waals surface area contributed by atoms with E-state index >= 15 is 0 Å². The topological polar surface area (TPSA) is 44.5 Å². The van der Waals surface area contributed by atoms with Gasteiger partial charge in [0.15, 0.2) is 11.5 Å². The zero-order valence-corrected chi connectivity index (χ0v) is 9.50. The minimum absolute atomic E-state index is 0.00197. The minimum atomic E-state index is 0.00197. The van der Waals surface area contributed by atoms with Crippen LogP contribution < -0.4 is 15.2 Å². The van der Waals surface area contributed by atoms with E-state index in [1.165, 1.54) is 0 Å². The van der Waals surface area contributed by atoms with Crippen molar-refractivity contribution in [2.75, 3.05) is 13.2 Å². The Morgan fingerprint density at radius 1 is 1.36 bits per heavy atom. The lowest BCUT2D eigenvalue weighted by Crippen LogP contribution is -2.16. The molecule has 1 aliphatic heterocycles. The largest absolute Gasteiger partial charge is 0.486 e. The molecule has 2 N–H and O–H groups in total. The second-order valence-corrected chi connectivity index (χ2v) is 4.17. The second kappa shape index (κ2) is 3.79. The maximum absolute atomic E-state index is 5.80. The monoisotopic (exact) mass is 257 g/mol. The van der Waals surface area contributed by atoms with Gasteiger partial charge in [-0.15, -0.1) is 0 Å². The molecule has 1 heterocycles. The summed E-state index contributed by atoms with van der Waals surface area (Å²) in [5.74, 6) is 1.55. The molecule has 0 spiro atoms. The Balaban J connectivity index is 2.46. The highest BCUT2D eigenvalue weighted by atomic mass is 79.9. The number of rotatable bonds is 1. The van der Waals surface area contributed by atoms with E-state index in [1.807, 2.05) is 19.1 Å². The quantitative estimate of drug-likeness (QED) is 0.840. The molecule has 1 atom stereocenters. The molecule has 0 unspecified atom stereocenters. The normalized spacial score (nSPS) is 16.5. The first kappa shape index (κ1) is 9.80. The van der Waals surface area contributed by atoms with E-state index in [1.54, 1.807) is 0 Å². The van der Waals surface area contributed by atoms with Crippen LogP contribution in [0.4, 0.5) is 0 Å². The molecule has 0 saturated heterocycles. The van der Waals surface area contributed by atoms with Gasteiger partial charge in [-0.2, -0.15) is 0 Å². The summed E-state index contributed by atoms with van der Waals surface area (Å²) < 4.78 is 11.9. The van der Waals surface area contributed by atoms with Crippen LogP contribution in [0.1, 0.15) is 18.5 Å². The Bertz CT molecular complexity index is 352. The number of fused-ring (bicyclic) bond motifs is 1. The standard InChI is InChI=1S/C10H12BrNO2/c1-6(12)7-4-8(11)10-9(5-7)13-2-3-14-10/h4-6H,2-3,12H2,1H3/t6-/m0/s1.